The third-order valence-electron chi connectivity index (χ3n) is 2.48. The second-order valence-corrected chi connectivity index (χ2v) is 3.94. The Morgan fingerprint density at radius 1 is 1.33 bits per heavy atom. The average Bonchev–Trinajstić information content (AvgIpc) is 2.25. The van der Waals surface area contributed by atoms with E-state index < -0.39 is 12.1 Å². The zero-order valence-corrected chi connectivity index (χ0v) is 10.3. The Labute approximate surface area is 103 Å². The zero-order valence-electron chi connectivity index (χ0n) is 10.3. The molecule has 0 radical (unpaired) electrons. The molecule has 0 saturated heterocycles. The van der Waals surface area contributed by atoms with Crippen LogP contribution in [-0.4, -0.2) is 19.2 Å². The molecule has 0 aliphatic carbocycles. The minimum atomic E-state index is -4.87. The maximum absolute atomic E-state index is 12.1. The quantitative estimate of drug-likeness (QED) is 0.907. The lowest BCUT2D eigenvalue weighted by Gasteiger charge is -2.14. The highest BCUT2D eigenvalue weighted by molar-refractivity contribution is 5.81. The highest BCUT2D eigenvalue weighted by Crippen LogP contribution is 2.24. The van der Waals surface area contributed by atoms with Gasteiger partial charge >= 0.3 is 12.1 Å². The Balaban J connectivity index is 2.88. The smallest absolute Gasteiger partial charge is 0.471 e. The van der Waals surface area contributed by atoms with Crippen molar-refractivity contribution in [1.82, 2.24) is 5.32 Å². The fourth-order valence-electron chi connectivity index (χ4n) is 1.64. The Morgan fingerprint density at radius 2 is 1.94 bits per heavy atom. The first-order valence-electron chi connectivity index (χ1n) is 5.25. The van der Waals surface area contributed by atoms with E-state index in [-0.39, 0.29) is 6.54 Å². The first-order valence-corrected chi connectivity index (χ1v) is 5.25. The molecule has 0 spiro atoms. The van der Waals surface area contributed by atoms with Gasteiger partial charge in [0.25, 0.3) is 0 Å². The standard InChI is InChI=1S/C12H14F3NO2/c1-7-4-8(2)9(10(5-7)18-3)6-16-11(17)12(13,14)15/h4-5H,6H2,1-3H3,(H,16,17). The fourth-order valence-corrected chi connectivity index (χ4v) is 1.64. The minimum absolute atomic E-state index is 0.215. The number of nitrogens with one attached hydrogen (secondary N) is 1. The lowest BCUT2D eigenvalue weighted by molar-refractivity contribution is -0.173. The largest absolute Gasteiger partial charge is 0.496 e. The zero-order chi connectivity index (χ0) is 13.9. The summed E-state index contributed by atoms with van der Waals surface area (Å²) >= 11 is 0. The predicted octanol–water partition coefficient (Wildman–Crippen LogP) is 2.49. The number of halogens is 3. The van der Waals surface area contributed by atoms with Gasteiger partial charge in [0, 0.05) is 12.1 Å². The molecule has 6 heteroatoms. The van der Waals surface area contributed by atoms with Crippen LogP contribution >= 0.6 is 0 Å². The summed E-state index contributed by atoms with van der Waals surface area (Å²) in [7, 11) is 1.43. The summed E-state index contributed by atoms with van der Waals surface area (Å²) in [5, 5.41) is 1.83. The summed E-state index contributed by atoms with van der Waals surface area (Å²) in [5.41, 5.74) is 2.25. The number of benzene rings is 1. The second kappa shape index (κ2) is 5.29. The maximum Gasteiger partial charge on any atom is 0.471 e. The van der Waals surface area contributed by atoms with E-state index in [4.69, 9.17) is 4.74 Å². The van der Waals surface area contributed by atoms with E-state index in [0.717, 1.165) is 11.1 Å². The molecular formula is C12H14F3NO2. The molecule has 0 fully saturated rings. The second-order valence-electron chi connectivity index (χ2n) is 3.94. The molecule has 0 unspecified atom stereocenters. The van der Waals surface area contributed by atoms with Crippen LogP contribution in [0, 0.1) is 13.8 Å². The number of hydrogen-bond acceptors (Lipinski definition) is 2. The third-order valence-corrected chi connectivity index (χ3v) is 2.48. The predicted molar refractivity (Wildman–Crippen MR) is 60.4 cm³/mol. The SMILES string of the molecule is COc1cc(C)cc(C)c1CNC(=O)C(F)(F)F. The molecule has 0 saturated carbocycles. The molecule has 1 amide bonds. The van der Waals surface area contributed by atoms with Gasteiger partial charge in [-0.2, -0.15) is 13.2 Å². The molecule has 0 aliphatic heterocycles. The Morgan fingerprint density at radius 3 is 2.44 bits per heavy atom. The summed E-state index contributed by atoms with van der Waals surface area (Å²) in [4.78, 5) is 10.7. The summed E-state index contributed by atoms with van der Waals surface area (Å²) in [6, 6.07) is 3.53. The topological polar surface area (TPSA) is 38.3 Å². The lowest BCUT2D eigenvalue weighted by Crippen LogP contribution is -2.36. The van der Waals surface area contributed by atoms with Crippen molar-refractivity contribution in [3.63, 3.8) is 0 Å². The van der Waals surface area contributed by atoms with Gasteiger partial charge in [-0.1, -0.05) is 6.07 Å². The molecule has 1 N–H and O–H groups in total. The van der Waals surface area contributed by atoms with E-state index in [0.29, 0.717) is 11.3 Å². The van der Waals surface area contributed by atoms with Gasteiger partial charge in [-0.3, -0.25) is 4.79 Å². The van der Waals surface area contributed by atoms with Gasteiger partial charge < -0.3 is 10.1 Å². The van der Waals surface area contributed by atoms with Crippen molar-refractivity contribution in [3.8, 4) is 5.75 Å². The van der Waals surface area contributed by atoms with Crippen LogP contribution in [0.1, 0.15) is 16.7 Å². The van der Waals surface area contributed by atoms with E-state index >= 15 is 0 Å². The van der Waals surface area contributed by atoms with Gasteiger partial charge in [0.2, 0.25) is 0 Å². The maximum atomic E-state index is 12.1. The van der Waals surface area contributed by atoms with Crippen LogP contribution in [0.3, 0.4) is 0 Å². The van der Waals surface area contributed by atoms with Crippen molar-refractivity contribution in [1.29, 1.82) is 0 Å². The van der Waals surface area contributed by atoms with E-state index in [2.05, 4.69) is 0 Å². The number of rotatable bonds is 3. The molecule has 0 atom stereocenters. The van der Waals surface area contributed by atoms with Crippen LogP contribution in [-0.2, 0) is 11.3 Å². The van der Waals surface area contributed by atoms with E-state index in [1.807, 2.05) is 18.3 Å². The first kappa shape index (κ1) is 14.3. The van der Waals surface area contributed by atoms with E-state index in [1.54, 1.807) is 13.0 Å². The summed E-state index contributed by atoms with van der Waals surface area (Å²) in [5.74, 6) is -1.49. The molecular weight excluding hydrogens is 247 g/mol. The number of alkyl halides is 3. The molecule has 1 aromatic carbocycles. The molecule has 0 aliphatic rings. The molecule has 0 bridgehead atoms. The highest BCUT2D eigenvalue weighted by atomic mass is 19.4. The summed E-state index contributed by atoms with van der Waals surface area (Å²) in [6.07, 6.45) is -4.87. The molecule has 3 nitrogen and oxygen atoms in total. The number of carbonyl (C=O) groups excluding carboxylic acids is 1. The van der Waals surface area contributed by atoms with Crippen molar-refractivity contribution in [3.05, 3.63) is 28.8 Å². The van der Waals surface area contributed by atoms with Crippen molar-refractivity contribution >= 4 is 5.91 Å². The van der Waals surface area contributed by atoms with Gasteiger partial charge in [0.05, 0.1) is 7.11 Å². The van der Waals surface area contributed by atoms with Crippen LogP contribution in [0.4, 0.5) is 13.2 Å². The summed E-state index contributed by atoms with van der Waals surface area (Å²) in [6.45, 7) is 3.39. The first-order chi connectivity index (χ1) is 8.25. The van der Waals surface area contributed by atoms with Crippen molar-refractivity contribution in [2.75, 3.05) is 7.11 Å². The Bertz CT molecular complexity index is 455. The normalized spacial score (nSPS) is 11.2. The number of hydrogen-bond donors (Lipinski definition) is 1. The third kappa shape index (κ3) is 3.38. The number of methoxy groups -OCH3 is 1. The highest BCUT2D eigenvalue weighted by Gasteiger charge is 2.38. The van der Waals surface area contributed by atoms with Gasteiger partial charge in [-0.25, -0.2) is 0 Å². The van der Waals surface area contributed by atoms with Crippen LogP contribution in [0.2, 0.25) is 0 Å². The monoisotopic (exact) mass is 261 g/mol. The molecule has 1 aromatic rings. The van der Waals surface area contributed by atoms with Crippen LogP contribution in [0.5, 0.6) is 5.75 Å². The summed E-state index contributed by atoms with van der Waals surface area (Å²) < 4.78 is 41.3. The van der Waals surface area contributed by atoms with Gasteiger partial charge in [-0.15, -0.1) is 0 Å². The molecule has 100 valence electrons. The van der Waals surface area contributed by atoms with Crippen LogP contribution < -0.4 is 10.1 Å². The minimum Gasteiger partial charge on any atom is -0.496 e. The molecule has 18 heavy (non-hydrogen) atoms. The van der Waals surface area contributed by atoms with Crippen molar-refractivity contribution in [2.24, 2.45) is 0 Å². The lowest BCUT2D eigenvalue weighted by atomic mass is 10.0. The number of aryl methyl sites for hydroxylation is 2. The number of amides is 1. The van der Waals surface area contributed by atoms with Crippen molar-refractivity contribution in [2.45, 2.75) is 26.6 Å². The van der Waals surface area contributed by atoms with Crippen molar-refractivity contribution < 1.29 is 22.7 Å². The van der Waals surface area contributed by atoms with Gasteiger partial charge in [-0.05, 0) is 31.0 Å². The Hall–Kier alpha value is -1.72. The Kier molecular flexibility index (Phi) is 4.21. The van der Waals surface area contributed by atoms with E-state index in [9.17, 15) is 18.0 Å². The van der Waals surface area contributed by atoms with Crippen LogP contribution in [0.25, 0.3) is 0 Å². The van der Waals surface area contributed by atoms with Gasteiger partial charge in [0.15, 0.2) is 0 Å². The molecule has 0 aromatic heterocycles. The molecule has 1 rings (SSSR count). The number of carbonyl (C=O) groups is 1. The van der Waals surface area contributed by atoms with Crippen LogP contribution in [0.15, 0.2) is 12.1 Å². The fraction of sp³-hybridized carbons (Fsp3) is 0.417. The average molecular weight is 261 g/mol. The molecule has 0 heterocycles. The van der Waals surface area contributed by atoms with Gasteiger partial charge in [0.1, 0.15) is 5.75 Å². The number of ether oxygens (including phenoxy) is 1. The van der Waals surface area contributed by atoms with E-state index in [1.165, 1.54) is 7.11 Å².